The molecule has 0 unspecified atom stereocenters. The van der Waals surface area contributed by atoms with Crippen LogP contribution in [0.3, 0.4) is 0 Å². The Morgan fingerprint density at radius 3 is 2.68 bits per heavy atom. The number of nitrogens with one attached hydrogen (secondary N) is 1. The average molecular weight is 269 g/mol. The van der Waals surface area contributed by atoms with Gasteiger partial charge in [-0.2, -0.15) is 0 Å². The fourth-order valence-corrected chi connectivity index (χ4v) is 1.25. The minimum atomic E-state index is -0.820. The number of nitrogens with two attached hydrogens (primary N) is 2. The largest absolute Gasteiger partial charge is 0.370 e. The van der Waals surface area contributed by atoms with Gasteiger partial charge in [0.15, 0.2) is 11.6 Å². The Morgan fingerprint density at radius 1 is 1.42 bits per heavy atom. The molecule has 0 aliphatic carbocycles. The lowest BCUT2D eigenvalue weighted by molar-refractivity contribution is -0.120. The summed E-state index contributed by atoms with van der Waals surface area (Å²) in [7, 11) is 1.41. The second-order valence-electron chi connectivity index (χ2n) is 3.80. The van der Waals surface area contributed by atoms with Gasteiger partial charge in [-0.1, -0.05) is 4.80 Å². The van der Waals surface area contributed by atoms with Gasteiger partial charge in [-0.3, -0.25) is 9.59 Å². The van der Waals surface area contributed by atoms with Crippen molar-refractivity contribution in [1.29, 1.82) is 0 Å². The number of Topliss-reactive ketones (excluding diaryl/α,β-unsaturated/α-hetero) is 1. The first-order chi connectivity index (χ1) is 8.93. The highest BCUT2D eigenvalue weighted by Crippen LogP contribution is 1.99. The smallest absolute Gasteiger partial charge is 0.360 e. The van der Waals surface area contributed by atoms with Gasteiger partial charge in [0, 0.05) is 13.5 Å². The van der Waals surface area contributed by atoms with E-state index in [-0.39, 0.29) is 30.9 Å². The molecule has 0 saturated heterocycles. The number of rotatable bonds is 6. The molecule has 0 aliphatic heterocycles. The second kappa shape index (κ2) is 6.54. The molecule has 1 aromatic heterocycles. The average Bonchev–Trinajstić information content (AvgIpc) is 2.83. The standard InChI is InChI=1S/C9H15N7O3/c1-12-9(19)16-14-8(13-15-16)4-6(17)5(10)2-3-7(11)18/h5H,2-4,10H2,1H3,(H2,11,18)(H,12,19)/t5-/m0/s1. The summed E-state index contributed by atoms with van der Waals surface area (Å²) in [5.74, 6) is -0.784. The topological polar surface area (TPSA) is 159 Å². The maximum absolute atomic E-state index is 11.7. The number of hydrogen-bond acceptors (Lipinski definition) is 7. The van der Waals surface area contributed by atoms with Crippen LogP contribution in [0.4, 0.5) is 4.79 Å². The zero-order valence-corrected chi connectivity index (χ0v) is 10.4. The predicted octanol–water partition coefficient (Wildman–Crippen LogP) is -2.43. The Hall–Kier alpha value is -2.36. The summed E-state index contributed by atoms with van der Waals surface area (Å²) in [6, 6.07) is -1.39. The van der Waals surface area contributed by atoms with E-state index in [2.05, 4.69) is 20.7 Å². The van der Waals surface area contributed by atoms with E-state index >= 15 is 0 Å². The van der Waals surface area contributed by atoms with Gasteiger partial charge in [-0.05, 0) is 11.6 Å². The molecule has 0 aliphatic rings. The van der Waals surface area contributed by atoms with E-state index in [4.69, 9.17) is 11.5 Å². The van der Waals surface area contributed by atoms with Crippen molar-refractivity contribution >= 4 is 17.7 Å². The van der Waals surface area contributed by atoms with Crippen molar-refractivity contribution in [2.24, 2.45) is 11.5 Å². The highest BCUT2D eigenvalue weighted by Gasteiger charge is 2.18. The molecule has 10 nitrogen and oxygen atoms in total. The highest BCUT2D eigenvalue weighted by atomic mass is 16.2. The van der Waals surface area contributed by atoms with Crippen LogP contribution in [0.1, 0.15) is 18.7 Å². The number of ketones is 1. The summed E-state index contributed by atoms with van der Waals surface area (Å²) in [5, 5.41) is 13.0. The number of carbonyl (C=O) groups is 3. The number of amides is 2. The molecule has 1 aromatic rings. The number of primary amides is 1. The number of aromatic nitrogens is 4. The van der Waals surface area contributed by atoms with E-state index in [1.54, 1.807) is 0 Å². The molecule has 0 spiro atoms. The van der Waals surface area contributed by atoms with Gasteiger partial charge in [-0.15, -0.1) is 10.2 Å². The third-order valence-electron chi connectivity index (χ3n) is 2.30. The minimum Gasteiger partial charge on any atom is -0.370 e. The highest BCUT2D eigenvalue weighted by molar-refractivity contribution is 5.86. The Morgan fingerprint density at radius 2 is 2.11 bits per heavy atom. The van der Waals surface area contributed by atoms with Crippen LogP contribution in [0.15, 0.2) is 0 Å². The van der Waals surface area contributed by atoms with Crippen molar-refractivity contribution in [2.45, 2.75) is 25.3 Å². The van der Waals surface area contributed by atoms with E-state index in [1.165, 1.54) is 7.05 Å². The molecule has 2 amide bonds. The minimum absolute atomic E-state index is 0.0330. The predicted molar refractivity (Wildman–Crippen MR) is 62.8 cm³/mol. The van der Waals surface area contributed by atoms with E-state index in [0.29, 0.717) is 0 Å². The Kier molecular flexibility index (Phi) is 5.06. The molecule has 19 heavy (non-hydrogen) atoms. The maximum atomic E-state index is 11.7. The molecule has 1 heterocycles. The summed E-state index contributed by atoms with van der Waals surface area (Å²) < 4.78 is 0. The van der Waals surface area contributed by atoms with Crippen molar-refractivity contribution in [3.05, 3.63) is 5.82 Å². The first kappa shape index (κ1) is 14.7. The van der Waals surface area contributed by atoms with E-state index in [0.717, 1.165) is 4.80 Å². The number of nitrogens with zero attached hydrogens (tertiary/aromatic N) is 4. The normalized spacial score (nSPS) is 11.9. The molecule has 10 heteroatoms. The molecule has 104 valence electrons. The lowest BCUT2D eigenvalue weighted by atomic mass is 10.1. The Bertz CT molecular complexity index is 484. The van der Waals surface area contributed by atoms with Crippen LogP contribution in [0, 0.1) is 0 Å². The van der Waals surface area contributed by atoms with Crippen molar-refractivity contribution in [3.8, 4) is 0 Å². The van der Waals surface area contributed by atoms with Gasteiger partial charge in [0.1, 0.15) is 0 Å². The number of carbonyl (C=O) groups excluding carboxylic acids is 3. The molecule has 0 radical (unpaired) electrons. The zero-order valence-electron chi connectivity index (χ0n) is 10.4. The molecular formula is C9H15N7O3. The summed E-state index contributed by atoms with van der Waals surface area (Å²) in [6.45, 7) is 0. The van der Waals surface area contributed by atoms with Crippen LogP contribution in [-0.2, 0) is 16.0 Å². The third kappa shape index (κ3) is 4.43. The first-order valence-corrected chi connectivity index (χ1v) is 5.51. The Balaban J connectivity index is 2.54. The monoisotopic (exact) mass is 269 g/mol. The van der Waals surface area contributed by atoms with Gasteiger partial charge in [0.05, 0.1) is 12.5 Å². The number of tetrazole rings is 1. The van der Waals surface area contributed by atoms with E-state index < -0.39 is 18.0 Å². The van der Waals surface area contributed by atoms with Gasteiger partial charge in [-0.25, -0.2) is 4.79 Å². The molecule has 1 rings (SSSR count). The van der Waals surface area contributed by atoms with Crippen molar-refractivity contribution in [1.82, 2.24) is 25.5 Å². The van der Waals surface area contributed by atoms with Crippen LogP contribution < -0.4 is 16.8 Å². The second-order valence-corrected chi connectivity index (χ2v) is 3.80. The van der Waals surface area contributed by atoms with Crippen LogP contribution >= 0.6 is 0 Å². The first-order valence-electron chi connectivity index (χ1n) is 5.51. The lowest BCUT2D eigenvalue weighted by Crippen LogP contribution is -2.33. The summed E-state index contributed by atoms with van der Waals surface area (Å²) in [4.78, 5) is 34.1. The van der Waals surface area contributed by atoms with Crippen LogP contribution in [0.5, 0.6) is 0 Å². The summed E-state index contributed by atoms with van der Waals surface area (Å²) in [6.07, 6.45) is 0.0416. The Labute approximate surface area is 108 Å². The fourth-order valence-electron chi connectivity index (χ4n) is 1.25. The number of hydrogen-bond donors (Lipinski definition) is 3. The maximum Gasteiger partial charge on any atom is 0.360 e. The molecule has 1 atom stereocenters. The van der Waals surface area contributed by atoms with E-state index in [1.807, 2.05) is 0 Å². The molecule has 0 saturated carbocycles. The van der Waals surface area contributed by atoms with Gasteiger partial charge < -0.3 is 16.8 Å². The molecule has 0 fully saturated rings. The third-order valence-corrected chi connectivity index (χ3v) is 2.30. The molecular weight excluding hydrogens is 254 g/mol. The van der Waals surface area contributed by atoms with Gasteiger partial charge >= 0.3 is 6.03 Å². The molecule has 5 N–H and O–H groups in total. The molecule has 0 aromatic carbocycles. The lowest BCUT2D eigenvalue weighted by Gasteiger charge is -2.07. The van der Waals surface area contributed by atoms with Gasteiger partial charge in [0.25, 0.3) is 0 Å². The van der Waals surface area contributed by atoms with E-state index in [9.17, 15) is 14.4 Å². The van der Waals surface area contributed by atoms with Crippen LogP contribution in [0.25, 0.3) is 0 Å². The van der Waals surface area contributed by atoms with Crippen molar-refractivity contribution < 1.29 is 14.4 Å². The summed E-state index contributed by atoms with van der Waals surface area (Å²) in [5.41, 5.74) is 10.5. The summed E-state index contributed by atoms with van der Waals surface area (Å²) >= 11 is 0. The van der Waals surface area contributed by atoms with Crippen molar-refractivity contribution in [3.63, 3.8) is 0 Å². The molecule has 0 bridgehead atoms. The quantitative estimate of drug-likeness (QED) is 0.517. The van der Waals surface area contributed by atoms with Crippen molar-refractivity contribution in [2.75, 3.05) is 7.05 Å². The van der Waals surface area contributed by atoms with Crippen LogP contribution in [-0.4, -0.2) is 51.0 Å². The van der Waals surface area contributed by atoms with Crippen LogP contribution in [0.2, 0.25) is 0 Å². The van der Waals surface area contributed by atoms with Gasteiger partial charge in [0.2, 0.25) is 5.91 Å². The fraction of sp³-hybridized carbons (Fsp3) is 0.556. The SMILES string of the molecule is CNC(=O)n1nnc(CC(=O)[C@@H](N)CCC(N)=O)n1. The zero-order chi connectivity index (χ0) is 14.4.